The fourth-order valence-electron chi connectivity index (χ4n) is 2.33. The molecular formula is C17H20N2O2. The number of anilines is 1. The first kappa shape index (κ1) is 14.9. The van der Waals surface area contributed by atoms with Crippen molar-refractivity contribution in [1.82, 2.24) is 0 Å². The van der Waals surface area contributed by atoms with Gasteiger partial charge >= 0.3 is 0 Å². The van der Waals surface area contributed by atoms with Crippen molar-refractivity contribution in [1.29, 1.82) is 0 Å². The van der Waals surface area contributed by atoms with Crippen molar-refractivity contribution in [3.63, 3.8) is 0 Å². The molecule has 0 bridgehead atoms. The molecule has 110 valence electrons. The molecule has 0 radical (unpaired) electrons. The fraction of sp³-hybridized carbons (Fsp3) is 0.235. The zero-order valence-electron chi connectivity index (χ0n) is 12.5. The molecule has 0 fully saturated rings. The van der Waals surface area contributed by atoms with E-state index in [0.29, 0.717) is 11.3 Å². The molecule has 0 aliphatic heterocycles. The molecule has 1 unspecified atom stereocenters. The van der Waals surface area contributed by atoms with Gasteiger partial charge in [-0.2, -0.15) is 0 Å². The molecule has 4 heteroatoms. The summed E-state index contributed by atoms with van der Waals surface area (Å²) < 4.78 is 5.36. The molecule has 0 spiro atoms. The Hall–Kier alpha value is -2.49. The summed E-state index contributed by atoms with van der Waals surface area (Å²) in [6, 6.07) is 15.2. The lowest BCUT2D eigenvalue weighted by Gasteiger charge is -2.30. The first-order chi connectivity index (χ1) is 9.97. The quantitative estimate of drug-likeness (QED) is 0.887. The molecule has 4 nitrogen and oxygen atoms in total. The Kier molecular flexibility index (Phi) is 4.17. The zero-order valence-corrected chi connectivity index (χ0v) is 12.5. The van der Waals surface area contributed by atoms with E-state index in [4.69, 9.17) is 10.5 Å². The lowest BCUT2D eigenvalue weighted by Crippen LogP contribution is -2.45. The number of methoxy groups -OCH3 is 1. The van der Waals surface area contributed by atoms with Gasteiger partial charge in [0, 0.05) is 11.3 Å². The minimum atomic E-state index is -1.06. The minimum absolute atomic E-state index is 0.464. The summed E-state index contributed by atoms with van der Waals surface area (Å²) in [5.74, 6) is 0.160. The summed E-state index contributed by atoms with van der Waals surface area (Å²) >= 11 is 0. The number of para-hydroxylation sites is 1. The van der Waals surface area contributed by atoms with Crippen LogP contribution in [-0.2, 0) is 10.3 Å². The maximum absolute atomic E-state index is 12.1. The molecule has 1 atom stereocenters. The van der Waals surface area contributed by atoms with Gasteiger partial charge in [0.25, 0.3) is 0 Å². The lowest BCUT2D eigenvalue weighted by atomic mass is 9.89. The van der Waals surface area contributed by atoms with E-state index in [-0.39, 0.29) is 0 Å². The van der Waals surface area contributed by atoms with Gasteiger partial charge in [-0.25, -0.2) is 0 Å². The van der Waals surface area contributed by atoms with Crippen molar-refractivity contribution < 1.29 is 9.53 Å². The summed E-state index contributed by atoms with van der Waals surface area (Å²) in [6.45, 7) is 3.76. The van der Waals surface area contributed by atoms with Gasteiger partial charge in [0.05, 0.1) is 7.11 Å². The van der Waals surface area contributed by atoms with Crippen LogP contribution < -0.4 is 15.8 Å². The minimum Gasteiger partial charge on any atom is -0.496 e. The molecule has 0 saturated carbocycles. The zero-order chi connectivity index (χ0) is 15.5. The van der Waals surface area contributed by atoms with Crippen LogP contribution in [0.15, 0.2) is 48.5 Å². The topological polar surface area (TPSA) is 64.3 Å². The monoisotopic (exact) mass is 284 g/mol. The molecule has 0 saturated heterocycles. The Morgan fingerprint density at radius 2 is 1.90 bits per heavy atom. The second-order valence-electron chi connectivity index (χ2n) is 5.18. The largest absolute Gasteiger partial charge is 0.496 e. The van der Waals surface area contributed by atoms with Crippen LogP contribution in [0.5, 0.6) is 5.75 Å². The number of primary amides is 1. The third-order valence-electron chi connectivity index (χ3n) is 3.55. The fourth-order valence-corrected chi connectivity index (χ4v) is 2.33. The molecule has 3 N–H and O–H groups in total. The van der Waals surface area contributed by atoms with Crippen LogP contribution in [0.2, 0.25) is 0 Å². The summed E-state index contributed by atoms with van der Waals surface area (Å²) in [5.41, 5.74) is 7.25. The number of ether oxygens (including phenoxy) is 1. The number of rotatable bonds is 5. The molecule has 0 aliphatic carbocycles. The van der Waals surface area contributed by atoms with Crippen molar-refractivity contribution in [2.24, 2.45) is 5.73 Å². The molecular weight excluding hydrogens is 264 g/mol. The average Bonchev–Trinajstić information content (AvgIpc) is 2.47. The predicted octanol–water partition coefficient (Wildman–Crippen LogP) is 2.82. The van der Waals surface area contributed by atoms with Crippen molar-refractivity contribution in [2.45, 2.75) is 19.4 Å². The number of carbonyl (C=O) groups excluding carboxylic acids is 1. The van der Waals surface area contributed by atoms with Gasteiger partial charge in [-0.15, -0.1) is 0 Å². The highest BCUT2D eigenvalue weighted by molar-refractivity contribution is 5.89. The highest BCUT2D eigenvalue weighted by Crippen LogP contribution is 2.32. The summed E-state index contributed by atoms with van der Waals surface area (Å²) in [4.78, 5) is 12.1. The molecule has 2 aromatic rings. The molecule has 1 amide bonds. The highest BCUT2D eigenvalue weighted by Gasteiger charge is 2.35. The number of aryl methyl sites for hydroxylation is 1. The molecule has 2 rings (SSSR count). The smallest absolute Gasteiger partial charge is 0.247 e. The third kappa shape index (κ3) is 2.99. The number of benzene rings is 2. The Labute approximate surface area is 124 Å². The Morgan fingerprint density at radius 3 is 2.52 bits per heavy atom. The number of amides is 1. The first-order valence-electron chi connectivity index (χ1n) is 6.75. The maximum Gasteiger partial charge on any atom is 0.247 e. The van der Waals surface area contributed by atoms with Gasteiger partial charge < -0.3 is 15.8 Å². The van der Waals surface area contributed by atoms with E-state index in [9.17, 15) is 4.79 Å². The van der Waals surface area contributed by atoms with Gasteiger partial charge in [0.2, 0.25) is 5.91 Å². The van der Waals surface area contributed by atoms with Crippen LogP contribution in [0.25, 0.3) is 0 Å². The van der Waals surface area contributed by atoms with E-state index < -0.39 is 11.4 Å². The van der Waals surface area contributed by atoms with Crippen molar-refractivity contribution in [2.75, 3.05) is 12.4 Å². The van der Waals surface area contributed by atoms with Crippen molar-refractivity contribution >= 4 is 11.6 Å². The van der Waals surface area contributed by atoms with E-state index in [1.807, 2.05) is 55.5 Å². The second-order valence-corrected chi connectivity index (χ2v) is 5.18. The van der Waals surface area contributed by atoms with Crippen molar-refractivity contribution in [3.8, 4) is 5.75 Å². The van der Waals surface area contributed by atoms with Gasteiger partial charge in [-0.3, -0.25) is 4.79 Å². The third-order valence-corrected chi connectivity index (χ3v) is 3.55. The normalized spacial score (nSPS) is 13.3. The van der Waals surface area contributed by atoms with E-state index in [2.05, 4.69) is 5.32 Å². The summed E-state index contributed by atoms with van der Waals surface area (Å²) in [6.07, 6.45) is 0. The van der Waals surface area contributed by atoms with Gasteiger partial charge in [0.15, 0.2) is 0 Å². The Bertz CT molecular complexity index is 655. The molecule has 0 aliphatic rings. The number of nitrogens with one attached hydrogen (secondary N) is 1. The van der Waals surface area contributed by atoms with Crippen LogP contribution in [0, 0.1) is 6.92 Å². The van der Waals surface area contributed by atoms with Crippen LogP contribution >= 0.6 is 0 Å². The molecule has 0 heterocycles. The van der Waals surface area contributed by atoms with Crippen LogP contribution in [0.4, 0.5) is 5.69 Å². The van der Waals surface area contributed by atoms with E-state index in [1.165, 1.54) is 0 Å². The van der Waals surface area contributed by atoms with E-state index in [1.54, 1.807) is 14.0 Å². The van der Waals surface area contributed by atoms with E-state index in [0.717, 1.165) is 11.3 Å². The highest BCUT2D eigenvalue weighted by atomic mass is 16.5. The number of hydrogen-bond donors (Lipinski definition) is 2. The first-order valence-corrected chi connectivity index (χ1v) is 6.75. The molecule has 0 aromatic heterocycles. The number of carbonyl (C=O) groups is 1. The average molecular weight is 284 g/mol. The standard InChI is InChI=1S/C17H20N2O2/c1-12-7-6-8-13(11-12)19-17(2,16(18)20)14-9-4-5-10-15(14)21-3/h4-11,19H,1-3H3,(H2,18,20). The van der Waals surface area contributed by atoms with Gasteiger partial charge in [-0.05, 0) is 37.6 Å². The Morgan fingerprint density at radius 1 is 1.19 bits per heavy atom. The molecule has 21 heavy (non-hydrogen) atoms. The predicted molar refractivity (Wildman–Crippen MR) is 84.3 cm³/mol. The molecule has 2 aromatic carbocycles. The lowest BCUT2D eigenvalue weighted by molar-refractivity contribution is -0.122. The number of hydrogen-bond acceptors (Lipinski definition) is 3. The Balaban J connectivity index is 2.48. The van der Waals surface area contributed by atoms with Crippen molar-refractivity contribution in [3.05, 3.63) is 59.7 Å². The summed E-state index contributed by atoms with van der Waals surface area (Å²) in [7, 11) is 1.58. The van der Waals surface area contributed by atoms with Crippen LogP contribution in [0.1, 0.15) is 18.1 Å². The second kappa shape index (κ2) is 5.87. The van der Waals surface area contributed by atoms with Crippen LogP contribution in [0.3, 0.4) is 0 Å². The number of nitrogens with two attached hydrogens (primary N) is 1. The van der Waals surface area contributed by atoms with Gasteiger partial charge in [0.1, 0.15) is 11.3 Å². The summed E-state index contributed by atoms with van der Waals surface area (Å²) in [5, 5.41) is 3.23. The SMILES string of the molecule is COc1ccccc1C(C)(Nc1cccc(C)c1)C(N)=O. The van der Waals surface area contributed by atoms with E-state index >= 15 is 0 Å². The van der Waals surface area contributed by atoms with Crippen LogP contribution in [-0.4, -0.2) is 13.0 Å². The maximum atomic E-state index is 12.1. The van der Waals surface area contributed by atoms with Gasteiger partial charge in [-0.1, -0.05) is 30.3 Å².